The fourth-order valence-electron chi connectivity index (χ4n) is 2.71. The minimum atomic E-state index is 0.000752. The number of benzene rings is 1. The molecule has 1 aromatic carbocycles. The van der Waals surface area contributed by atoms with E-state index in [4.69, 9.17) is 10.8 Å². The van der Waals surface area contributed by atoms with Crippen LogP contribution in [0.25, 0.3) is 11.0 Å². The van der Waals surface area contributed by atoms with Crippen LogP contribution in [0, 0.1) is 0 Å². The van der Waals surface area contributed by atoms with Crippen molar-refractivity contribution in [1.29, 1.82) is 0 Å². The fourth-order valence-corrected chi connectivity index (χ4v) is 2.71. The molecule has 6 nitrogen and oxygen atoms in total. The number of fused-ring (bicyclic) bond motifs is 1. The van der Waals surface area contributed by atoms with Crippen LogP contribution in [0.15, 0.2) is 36.7 Å². The molecular formula is C15H20N6. The zero-order valence-corrected chi connectivity index (χ0v) is 12.3. The number of nitrogens with one attached hydrogen (secondary N) is 1. The largest absolute Gasteiger partial charge is 0.328 e. The SMILES string of the molecule is CCn1c(CC(NN)c2cnn(C)c2)nc2ccccc21. The van der Waals surface area contributed by atoms with Gasteiger partial charge in [-0.15, -0.1) is 0 Å². The third-order valence-corrected chi connectivity index (χ3v) is 3.76. The Labute approximate surface area is 123 Å². The van der Waals surface area contributed by atoms with Crippen molar-refractivity contribution in [3.05, 3.63) is 48.0 Å². The molecule has 3 aromatic rings. The number of para-hydroxylation sites is 2. The van der Waals surface area contributed by atoms with Crippen LogP contribution in [0.2, 0.25) is 0 Å². The van der Waals surface area contributed by atoms with Crippen LogP contribution in [0.5, 0.6) is 0 Å². The molecule has 0 aliphatic carbocycles. The summed E-state index contributed by atoms with van der Waals surface area (Å²) in [6.07, 6.45) is 4.54. The summed E-state index contributed by atoms with van der Waals surface area (Å²) in [7, 11) is 1.90. The highest BCUT2D eigenvalue weighted by Gasteiger charge is 2.17. The van der Waals surface area contributed by atoms with E-state index in [0.717, 1.165) is 35.4 Å². The first kappa shape index (κ1) is 13.8. The highest BCUT2D eigenvalue weighted by Crippen LogP contribution is 2.21. The van der Waals surface area contributed by atoms with Gasteiger partial charge in [-0.1, -0.05) is 12.1 Å². The second-order valence-electron chi connectivity index (χ2n) is 5.13. The summed E-state index contributed by atoms with van der Waals surface area (Å²) in [6.45, 7) is 3.02. The summed E-state index contributed by atoms with van der Waals surface area (Å²) < 4.78 is 4.01. The number of aryl methyl sites for hydroxylation is 2. The van der Waals surface area contributed by atoms with E-state index >= 15 is 0 Å². The quantitative estimate of drug-likeness (QED) is 0.550. The van der Waals surface area contributed by atoms with Crippen LogP contribution in [0.1, 0.15) is 24.4 Å². The molecule has 0 aliphatic rings. The molecule has 0 fully saturated rings. The molecule has 0 aliphatic heterocycles. The Balaban J connectivity index is 1.96. The molecule has 3 N–H and O–H groups in total. The van der Waals surface area contributed by atoms with E-state index in [1.54, 1.807) is 4.68 Å². The minimum Gasteiger partial charge on any atom is -0.328 e. The Hall–Kier alpha value is -2.18. The zero-order chi connectivity index (χ0) is 14.8. The van der Waals surface area contributed by atoms with Crippen molar-refractivity contribution >= 4 is 11.0 Å². The van der Waals surface area contributed by atoms with Gasteiger partial charge in [0.05, 0.1) is 23.3 Å². The van der Waals surface area contributed by atoms with E-state index < -0.39 is 0 Å². The van der Waals surface area contributed by atoms with Gasteiger partial charge in [0.15, 0.2) is 0 Å². The van der Waals surface area contributed by atoms with Gasteiger partial charge in [0, 0.05) is 31.8 Å². The molecule has 6 heteroatoms. The van der Waals surface area contributed by atoms with Crippen LogP contribution in [-0.4, -0.2) is 19.3 Å². The standard InChI is InChI=1S/C15H20N6/c1-3-21-14-7-5-4-6-12(14)18-15(21)8-13(19-16)11-9-17-20(2)10-11/h4-7,9-10,13,19H,3,8,16H2,1-2H3. The first-order valence-electron chi connectivity index (χ1n) is 7.11. The van der Waals surface area contributed by atoms with Crippen molar-refractivity contribution in [3.8, 4) is 0 Å². The minimum absolute atomic E-state index is 0.000752. The molecule has 110 valence electrons. The number of nitrogens with two attached hydrogens (primary N) is 1. The van der Waals surface area contributed by atoms with Gasteiger partial charge in [0.25, 0.3) is 0 Å². The van der Waals surface area contributed by atoms with Gasteiger partial charge in [0.1, 0.15) is 5.82 Å². The Morgan fingerprint density at radius 1 is 1.33 bits per heavy atom. The van der Waals surface area contributed by atoms with Crippen LogP contribution in [0.4, 0.5) is 0 Å². The molecule has 0 saturated carbocycles. The van der Waals surface area contributed by atoms with Gasteiger partial charge in [-0.2, -0.15) is 5.10 Å². The lowest BCUT2D eigenvalue weighted by molar-refractivity contribution is 0.525. The Bertz CT molecular complexity index is 742. The molecule has 0 bridgehead atoms. The van der Waals surface area contributed by atoms with Crippen LogP contribution in [0.3, 0.4) is 0 Å². The summed E-state index contributed by atoms with van der Waals surface area (Å²) in [5.74, 6) is 6.76. The number of hydrogen-bond acceptors (Lipinski definition) is 4. The first-order chi connectivity index (χ1) is 10.2. The molecule has 0 radical (unpaired) electrons. The van der Waals surface area contributed by atoms with Crippen molar-refractivity contribution in [2.24, 2.45) is 12.9 Å². The molecule has 0 spiro atoms. The monoisotopic (exact) mass is 284 g/mol. The lowest BCUT2D eigenvalue weighted by atomic mass is 10.1. The molecule has 1 atom stereocenters. The smallest absolute Gasteiger partial charge is 0.111 e. The number of aromatic nitrogens is 4. The molecule has 0 saturated heterocycles. The number of hydrogen-bond donors (Lipinski definition) is 2. The van der Waals surface area contributed by atoms with Crippen molar-refractivity contribution in [3.63, 3.8) is 0 Å². The average molecular weight is 284 g/mol. The lowest BCUT2D eigenvalue weighted by Gasteiger charge is -2.14. The lowest BCUT2D eigenvalue weighted by Crippen LogP contribution is -2.30. The second-order valence-corrected chi connectivity index (χ2v) is 5.13. The predicted molar refractivity (Wildman–Crippen MR) is 82.4 cm³/mol. The maximum absolute atomic E-state index is 5.72. The molecule has 0 amide bonds. The normalized spacial score (nSPS) is 12.9. The molecule has 2 heterocycles. The summed E-state index contributed by atoms with van der Waals surface area (Å²) in [5, 5.41) is 4.21. The molecule has 2 aromatic heterocycles. The summed E-state index contributed by atoms with van der Waals surface area (Å²) in [6, 6.07) is 8.20. The predicted octanol–water partition coefficient (Wildman–Crippen LogP) is 1.54. The van der Waals surface area contributed by atoms with Crippen LogP contribution in [-0.2, 0) is 20.0 Å². The zero-order valence-electron chi connectivity index (χ0n) is 12.3. The maximum Gasteiger partial charge on any atom is 0.111 e. The molecule has 21 heavy (non-hydrogen) atoms. The van der Waals surface area contributed by atoms with E-state index in [-0.39, 0.29) is 6.04 Å². The molecular weight excluding hydrogens is 264 g/mol. The van der Waals surface area contributed by atoms with E-state index in [0.29, 0.717) is 0 Å². The van der Waals surface area contributed by atoms with Crippen LogP contribution < -0.4 is 11.3 Å². The van der Waals surface area contributed by atoms with Gasteiger partial charge in [-0.05, 0) is 19.1 Å². The topological polar surface area (TPSA) is 73.7 Å². The average Bonchev–Trinajstić information content (AvgIpc) is 3.07. The number of rotatable bonds is 5. The van der Waals surface area contributed by atoms with E-state index in [2.05, 4.69) is 28.1 Å². The highest BCUT2D eigenvalue weighted by molar-refractivity contribution is 5.75. The Morgan fingerprint density at radius 2 is 2.14 bits per heavy atom. The maximum atomic E-state index is 5.72. The first-order valence-corrected chi connectivity index (χ1v) is 7.11. The second kappa shape index (κ2) is 5.67. The summed E-state index contributed by atoms with van der Waals surface area (Å²) >= 11 is 0. The van der Waals surface area contributed by atoms with Crippen molar-refractivity contribution in [1.82, 2.24) is 24.8 Å². The van der Waals surface area contributed by atoms with E-state index in [1.165, 1.54) is 0 Å². The van der Waals surface area contributed by atoms with Gasteiger partial charge < -0.3 is 4.57 Å². The number of nitrogens with zero attached hydrogens (tertiary/aromatic N) is 4. The van der Waals surface area contributed by atoms with Crippen molar-refractivity contribution in [2.75, 3.05) is 0 Å². The van der Waals surface area contributed by atoms with E-state index in [1.807, 2.05) is 37.6 Å². The van der Waals surface area contributed by atoms with Crippen molar-refractivity contribution in [2.45, 2.75) is 25.9 Å². The van der Waals surface area contributed by atoms with E-state index in [9.17, 15) is 0 Å². The molecule has 1 unspecified atom stereocenters. The van der Waals surface area contributed by atoms with Gasteiger partial charge >= 0.3 is 0 Å². The Kier molecular flexibility index (Phi) is 3.72. The van der Waals surface area contributed by atoms with Gasteiger partial charge in [-0.3, -0.25) is 16.0 Å². The number of imidazole rings is 1. The molecule has 3 rings (SSSR count). The van der Waals surface area contributed by atoms with Crippen molar-refractivity contribution < 1.29 is 0 Å². The summed E-state index contributed by atoms with van der Waals surface area (Å²) in [4.78, 5) is 4.74. The van der Waals surface area contributed by atoms with Gasteiger partial charge in [-0.25, -0.2) is 4.98 Å². The van der Waals surface area contributed by atoms with Gasteiger partial charge in [0.2, 0.25) is 0 Å². The number of hydrazine groups is 1. The highest BCUT2D eigenvalue weighted by atomic mass is 15.3. The third-order valence-electron chi connectivity index (χ3n) is 3.76. The fraction of sp³-hybridized carbons (Fsp3) is 0.333. The van der Waals surface area contributed by atoms with Crippen LogP contribution >= 0.6 is 0 Å². The summed E-state index contributed by atoms with van der Waals surface area (Å²) in [5.41, 5.74) is 6.12. The Morgan fingerprint density at radius 3 is 2.81 bits per heavy atom. The third kappa shape index (κ3) is 2.55.